The number of morpholine rings is 1. The summed E-state index contributed by atoms with van der Waals surface area (Å²) in [4.78, 5) is 6.67. The first-order valence-corrected chi connectivity index (χ1v) is 6.15. The van der Waals surface area contributed by atoms with Gasteiger partial charge in [-0.1, -0.05) is 0 Å². The highest BCUT2D eigenvalue weighted by Gasteiger charge is 2.31. The zero-order valence-electron chi connectivity index (χ0n) is 9.27. The van der Waals surface area contributed by atoms with Gasteiger partial charge in [0.2, 0.25) is 0 Å². The number of rotatable bonds is 2. The molecule has 0 aromatic carbocycles. The molecule has 1 saturated heterocycles. The molecule has 5 heteroatoms. The minimum atomic E-state index is 0.0347. The fourth-order valence-corrected chi connectivity index (χ4v) is 2.27. The van der Waals surface area contributed by atoms with Gasteiger partial charge in [0.1, 0.15) is 0 Å². The first-order valence-electron chi connectivity index (χ1n) is 5.35. The number of nitrogens with zero attached hydrogens (tertiary/aromatic N) is 2. The van der Waals surface area contributed by atoms with Crippen molar-refractivity contribution >= 4 is 15.9 Å². The number of hydrogen-bond donors (Lipinski definition) is 1. The quantitative estimate of drug-likeness (QED) is 0.887. The predicted molar refractivity (Wildman–Crippen MR) is 66.1 cm³/mol. The lowest BCUT2D eigenvalue weighted by molar-refractivity contribution is -0.0590. The van der Waals surface area contributed by atoms with Crippen molar-refractivity contribution < 1.29 is 4.74 Å². The molecule has 88 valence electrons. The monoisotopic (exact) mass is 285 g/mol. The third-order valence-electron chi connectivity index (χ3n) is 2.89. The molecule has 0 bridgehead atoms. The van der Waals surface area contributed by atoms with E-state index >= 15 is 0 Å². The molecule has 2 heterocycles. The van der Waals surface area contributed by atoms with Crippen LogP contribution in [-0.4, -0.2) is 42.7 Å². The minimum absolute atomic E-state index is 0.0347. The van der Waals surface area contributed by atoms with Gasteiger partial charge in [0.05, 0.1) is 24.4 Å². The Morgan fingerprint density at radius 3 is 3.06 bits per heavy atom. The molecule has 0 radical (unpaired) electrons. The maximum absolute atomic E-state index is 5.73. The number of likely N-dealkylation sites (N-methyl/N-ethyl adjacent to an activating group) is 1. The molecule has 1 fully saturated rings. The molecular formula is C11H16BrN3O. The number of ether oxygens (including phenoxy) is 1. The molecule has 1 aromatic rings. The minimum Gasteiger partial charge on any atom is -0.374 e. The van der Waals surface area contributed by atoms with Crippen LogP contribution in [0.25, 0.3) is 0 Å². The van der Waals surface area contributed by atoms with Crippen molar-refractivity contribution in [3.05, 3.63) is 28.5 Å². The molecule has 4 nitrogen and oxygen atoms in total. The number of nitrogens with two attached hydrogens (primary N) is 1. The van der Waals surface area contributed by atoms with E-state index in [0.717, 1.165) is 23.3 Å². The lowest BCUT2D eigenvalue weighted by Gasteiger charge is -2.38. The van der Waals surface area contributed by atoms with Crippen molar-refractivity contribution in [3.8, 4) is 0 Å². The molecule has 0 saturated carbocycles. The largest absolute Gasteiger partial charge is 0.374 e. The van der Waals surface area contributed by atoms with Crippen LogP contribution in [0.3, 0.4) is 0 Å². The lowest BCUT2D eigenvalue weighted by Crippen LogP contribution is -2.46. The van der Waals surface area contributed by atoms with E-state index < -0.39 is 0 Å². The second-order valence-electron chi connectivity index (χ2n) is 3.97. The van der Waals surface area contributed by atoms with Gasteiger partial charge < -0.3 is 10.5 Å². The summed E-state index contributed by atoms with van der Waals surface area (Å²) in [5, 5.41) is 0. The Hall–Kier alpha value is -0.490. The highest BCUT2D eigenvalue weighted by molar-refractivity contribution is 9.10. The molecule has 2 unspecified atom stereocenters. The highest BCUT2D eigenvalue weighted by Crippen LogP contribution is 2.26. The van der Waals surface area contributed by atoms with E-state index in [4.69, 9.17) is 10.5 Å². The smallest absolute Gasteiger partial charge is 0.0909 e. The van der Waals surface area contributed by atoms with E-state index in [2.05, 4.69) is 32.9 Å². The van der Waals surface area contributed by atoms with Crippen LogP contribution in [0, 0.1) is 0 Å². The van der Waals surface area contributed by atoms with Crippen LogP contribution < -0.4 is 5.73 Å². The van der Waals surface area contributed by atoms with Gasteiger partial charge in [-0.15, -0.1) is 0 Å². The maximum atomic E-state index is 5.73. The Bertz CT molecular complexity index is 344. The van der Waals surface area contributed by atoms with Crippen molar-refractivity contribution in [3.63, 3.8) is 0 Å². The van der Waals surface area contributed by atoms with Crippen LogP contribution in [-0.2, 0) is 4.74 Å². The summed E-state index contributed by atoms with van der Waals surface area (Å²) >= 11 is 3.38. The van der Waals surface area contributed by atoms with Crippen LogP contribution in [0.5, 0.6) is 0 Å². The summed E-state index contributed by atoms with van der Waals surface area (Å²) in [5.41, 5.74) is 6.75. The van der Waals surface area contributed by atoms with Gasteiger partial charge in [0, 0.05) is 23.8 Å². The molecule has 1 aliphatic rings. The average Bonchev–Trinajstić information content (AvgIpc) is 2.30. The standard InChI is InChI=1S/C11H16BrN3O/c1-15-4-5-16-10(6-13)11(15)9-3-2-8(12)7-14-9/h2-3,7,10-11H,4-6,13H2,1H3. The molecule has 1 aliphatic heterocycles. The van der Waals surface area contributed by atoms with Crippen molar-refractivity contribution in [2.45, 2.75) is 12.1 Å². The van der Waals surface area contributed by atoms with Crippen LogP contribution >= 0.6 is 15.9 Å². The Morgan fingerprint density at radius 1 is 1.62 bits per heavy atom. The number of pyridine rings is 1. The van der Waals surface area contributed by atoms with E-state index in [9.17, 15) is 0 Å². The van der Waals surface area contributed by atoms with E-state index in [1.807, 2.05) is 18.3 Å². The Kier molecular flexibility index (Phi) is 3.91. The number of hydrogen-bond acceptors (Lipinski definition) is 4. The summed E-state index contributed by atoms with van der Waals surface area (Å²) in [6, 6.07) is 4.17. The normalized spacial score (nSPS) is 26.9. The first-order chi connectivity index (χ1) is 7.72. The topological polar surface area (TPSA) is 51.4 Å². The van der Waals surface area contributed by atoms with Crippen LogP contribution in [0.4, 0.5) is 0 Å². The summed E-state index contributed by atoms with van der Waals surface area (Å²) < 4.78 is 6.66. The molecule has 2 rings (SSSR count). The maximum Gasteiger partial charge on any atom is 0.0909 e. The van der Waals surface area contributed by atoms with E-state index in [-0.39, 0.29) is 12.1 Å². The summed E-state index contributed by atoms with van der Waals surface area (Å²) in [6.07, 6.45) is 1.85. The average molecular weight is 286 g/mol. The SMILES string of the molecule is CN1CCOC(CN)C1c1ccc(Br)cn1. The van der Waals surface area contributed by atoms with Gasteiger partial charge in [0.15, 0.2) is 0 Å². The van der Waals surface area contributed by atoms with Crippen molar-refractivity contribution in [1.82, 2.24) is 9.88 Å². The Morgan fingerprint density at radius 2 is 2.44 bits per heavy atom. The highest BCUT2D eigenvalue weighted by atomic mass is 79.9. The van der Waals surface area contributed by atoms with Crippen molar-refractivity contribution in [1.29, 1.82) is 0 Å². The second kappa shape index (κ2) is 5.23. The number of halogens is 1. The summed E-state index contributed by atoms with van der Waals surface area (Å²) in [5.74, 6) is 0. The number of aromatic nitrogens is 1. The molecule has 16 heavy (non-hydrogen) atoms. The molecule has 2 N–H and O–H groups in total. The van der Waals surface area contributed by atoms with Crippen LogP contribution in [0.1, 0.15) is 11.7 Å². The van der Waals surface area contributed by atoms with Gasteiger partial charge in [-0.2, -0.15) is 0 Å². The fraction of sp³-hybridized carbons (Fsp3) is 0.545. The van der Waals surface area contributed by atoms with Crippen LogP contribution in [0.15, 0.2) is 22.8 Å². The molecule has 0 amide bonds. The molecule has 0 spiro atoms. The summed E-state index contributed by atoms with van der Waals surface area (Å²) in [6.45, 7) is 2.18. The molecular weight excluding hydrogens is 270 g/mol. The van der Waals surface area contributed by atoms with Crippen LogP contribution in [0.2, 0.25) is 0 Å². The van der Waals surface area contributed by atoms with Gasteiger partial charge in [0.25, 0.3) is 0 Å². The van der Waals surface area contributed by atoms with Gasteiger partial charge in [-0.25, -0.2) is 0 Å². The van der Waals surface area contributed by atoms with E-state index in [0.29, 0.717) is 6.54 Å². The van der Waals surface area contributed by atoms with Crippen molar-refractivity contribution in [2.75, 3.05) is 26.7 Å². The Labute approximate surface area is 104 Å². The second-order valence-corrected chi connectivity index (χ2v) is 4.89. The zero-order chi connectivity index (χ0) is 11.5. The molecule has 0 aliphatic carbocycles. The molecule has 2 atom stereocenters. The predicted octanol–water partition coefficient (Wildman–Crippen LogP) is 1.17. The third kappa shape index (κ3) is 2.43. The lowest BCUT2D eigenvalue weighted by atomic mass is 10.0. The summed E-state index contributed by atoms with van der Waals surface area (Å²) in [7, 11) is 2.08. The van der Waals surface area contributed by atoms with E-state index in [1.165, 1.54) is 0 Å². The fourth-order valence-electron chi connectivity index (χ4n) is 2.04. The third-order valence-corrected chi connectivity index (χ3v) is 3.36. The van der Waals surface area contributed by atoms with Crippen molar-refractivity contribution in [2.24, 2.45) is 5.73 Å². The van der Waals surface area contributed by atoms with Gasteiger partial charge in [-0.05, 0) is 35.1 Å². The van der Waals surface area contributed by atoms with Gasteiger partial charge >= 0.3 is 0 Å². The Balaban J connectivity index is 2.24. The molecule has 1 aromatic heterocycles. The van der Waals surface area contributed by atoms with Gasteiger partial charge in [-0.3, -0.25) is 9.88 Å². The van der Waals surface area contributed by atoms with E-state index in [1.54, 1.807) is 0 Å². The zero-order valence-corrected chi connectivity index (χ0v) is 10.9. The first kappa shape index (κ1) is 12.0.